The minimum Gasteiger partial charge on any atom is -0.481 e. The fourth-order valence-electron chi connectivity index (χ4n) is 3.98. The highest BCUT2D eigenvalue weighted by Gasteiger charge is 2.40. The average molecular weight is 331 g/mol. The van der Waals surface area contributed by atoms with E-state index in [0.717, 1.165) is 23.2 Å². The fourth-order valence-corrected chi connectivity index (χ4v) is 4.79. The standard InChI is InChI=1S/C17H21N3O2S/c1-10-15(11-3-6-20(10)7-4-11)19-16(21)13-9-14-12(5-8-23-14)17(18-13)22-2/h5,8-11,15H,3-4,6-7H2,1-2H3,(H,19,21)/t10-,15-/m0/s1. The maximum absolute atomic E-state index is 12.7. The molecule has 2 aromatic heterocycles. The van der Waals surface area contributed by atoms with Gasteiger partial charge in [0.05, 0.1) is 12.5 Å². The lowest BCUT2D eigenvalue weighted by Crippen LogP contribution is -2.62. The molecule has 3 aliphatic heterocycles. The number of nitrogens with one attached hydrogen (secondary N) is 1. The van der Waals surface area contributed by atoms with Crippen molar-refractivity contribution in [2.45, 2.75) is 31.8 Å². The van der Waals surface area contributed by atoms with E-state index in [2.05, 4.69) is 22.1 Å². The third kappa shape index (κ3) is 2.50. The third-order valence-corrected chi connectivity index (χ3v) is 6.18. The number of carbonyl (C=O) groups is 1. The van der Waals surface area contributed by atoms with Crippen LogP contribution in [0.4, 0.5) is 0 Å². The molecule has 3 aliphatic rings. The highest BCUT2D eigenvalue weighted by atomic mass is 32.1. The molecule has 1 N–H and O–H groups in total. The number of hydrogen-bond donors (Lipinski definition) is 1. The fraction of sp³-hybridized carbons (Fsp3) is 0.529. The van der Waals surface area contributed by atoms with Crippen LogP contribution < -0.4 is 10.1 Å². The zero-order valence-corrected chi connectivity index (χ0v) is 14.2. The predicted molar refractivity (Wildman–Crippen MR) is 91.2 cm³/mol. The highest BCUT2D eigenvalue weighted by Crippen LogP contribution is 2.33. The van der Waals surface area contributed by atoms with Gasteiger partial charge >= 0.3 is 0 Å². The van der Waals surface area contributed by atoms with Crippen LogP contribution in [-0.4, -0.2) is 48.1 Å². The highest BCUT2D eigenvalue weighted by molar-refractivity contribution is 7.17. The van der Waals surface area contributed by atoms with Gasteiger partial charge in [-0.2, -0.15) is 0 Å². The molecule has 5 heterocycles. The number of ether oxygens (including phenoxy) is 1. The maximum Gasteiger partial charge on any atom is 0.270 e. The first kappa shape index (κ1) is 14.9. The zero-order chi connectivity index (χ0) is 16.0. The van der Waals surface area contributed by atoms with Crippen molar-refractivity contribution in [3.63, 3.8) is 0 Å². The second kappa shape index (κ2) is 5.76. The van der Waals surface area contributed by atoms with Crippen molar-refractivity contribution in [3.8, 4) is 5.88 Å². The molecule has 6 heteroatoms. The van der Waals surface area contributed by atoms with E-state index in [0.29, 0.717) is 23.5 Å². The van der Waals surface area contributed by atoms with Crippen molar-refractivity contribution < 1.29 is 9.53 Å². The summed E-state index contributed by atoms with van der Waals surface area (Å²) in [4.78, 5) is 19.6. The van der Waals surface area contributed by atoms with Gasteiger partial charge in [0, 0.05) is 16.8 Å². The quantitative estimate of drug-likeness (QED) is 0.939. The van der Waals surface area contributed by atoms with Gasteiger partial charge < -0.3 is 10.1 Å². The Balaban J connectivity index is 1.59. The van der Waals surface area contributed by atoms with Crippen LogP contribution in [-0.2, 0) is 0 Å². The van der Waals surface area contributed by atoms with Gasteiger partial charge in [-0.1, -0.05) is 0 Å². The van der Waals surface area contributed by atoms with Crippen molar-refractivity contribution in [3.05, 3.63) is 23.2 Å². The predicted octanol–water partition coefficient (Wildman–Crippen LogP) is 2.52. The zero-order valence-electron chi connectivity index (χ0n) is 13.4. The van der Waals surface area contributed by atoms with Crippen LogP contribution in [0.3, 0.4) is 0 Å². The Morgan fingerprint density at radius 1 is 1.43 bits per heavy atom. The molecular formula is C17H21N3O2S. The van der Waals surface area contributed by atoms with Crippen molar-refractivity contribution in [1.82, 2.24) is 15.2 Å². The topological polar surface area (TPSA) is 54.5 Å². The molecule has 5 rings (SSSR count). The van der Waals surface area contributed by atoms with E-state index in [1.165, 1.54) is 12.8 Å². The van der Waals surface area contributed by atoms with Gasteiger partial charge in [0.2, 0.25) is 5.88 Å². The molecule has 2 bridgehead atoms. The summed E-state index contributed by atoms with van der Waals surface area (Å²) in [5.74, 6) is 1.02. The van der Waals surface area contributed by atoms with E-state index in [1.54, 1.807) is 18.4 Å². The Morgan fingerprint density at radius 2 is 2.22 bits per heavy atom. The van der Waals surface area contributed by atoms with Crippen LogP contribution in [0, 0.1) is 5.92 Å². The van der Waals surface area contributed by atoms with Crippen LogP contribution in [0.2, 0.25) is 0 Å². The molecule has 1 amide bonds. The molecule has 122 valence electrons. The Bertz CT molecular complexity index is 735. The van der Waals surface area contributed by atoms with Gasteiger partial charge in [-0.05, 0) is 56.3 Å². The first-order valence-electron chi connectivity index (χ1n) is 8.14. The molecule has 0 aromatic carbocycles. The molecule has 0 spiro atoms. The average Bonchev–Trinajstić information content (AvgIpc) is 3.06. The summed E-state index contributed by atoms with van der Waals surface area (Å²) in [6.45, 7) is 4.53. The van der Waals surface area contributed by atoms with Gasteiger partial charge in [-0.3, -0.25) is 9.69 Å². The van der Waals surface area contributed by atoms with Crippen molar-refractivity contribution >= 4 is 27.3 Å². The number of methoxy groups -OCH3 is 1. The lowest BCUT2D eigenvalue weighted by molar-refractivity contribution is 0.0216. The van der Waals surface area contributed by atoms with E-state index >= 15 is 0 Å². The second-order valence-corrected chi connectivity index (χ2v) is 7.41. The molecular weight excluding hydrogens is 310 g/mol. The molecule has 0 aliphatic carbocycles. The first-order chi connectivity index (χ1) is 11.2. The summed E-state index contributed by atoms with van der Waals surface area (Å²) in [6, 6.07) is 4.46. The van der Waals surface area contributed by atoms with Crippen molar-refractivity contribution in [1.29, 1.82) is 0 Å². The van der Waals surface area contributed by atoms with Crippen LogP contribution in [0.5, 0.6) is 5.88 Å². The number of carbonyl (C=O) groups excluding carboxylic acids is 1. The monoisotopic (exact) mass is 331 g/mol. The number of amides is 1. The Hall–Kier alpha value is -1.66. The number of pyridine rings is 1. The van der Waals surface area contributed by atoms with E-state index in [1.807, 2.05) is 17.5 Å². The number of nitrogens with zero attached hydrogens (tertiary/aromatic N) is 2. The van der Waals surface area contributed by atoms with Crippen molar-refractivity contribution in [2.24, 2.45) is 5.92 Å². The Morgan fingerprint density at radius 3 is 2.91 bits per heavy atom. The minimum atomic E-state index is -0.0933. The molecule has 2 aromatic rings. The van der Waals surface area contributed by atoms with Crippen LogP contribution in [0.25, 0.3) is 10.1 Å². The number of fused-ring (bicyclic) bond motifs is 4. The normalized spacial score (nSPS) is 29.7. The number of aromatic nitrogens is 1. The molecule has 5 nitrogen and oxygen atoms in total. The Kier molecular flexibility index (Phi) is 3.73. The third-order valence-electron chi connectivity index (χ3n) is 5.32. The number of rotatable bonds is 3. The second-order valence-electron chi connectivity index (χ2n) is 6.46. The molecule has 0 radical (unpaired) electrons. The summed E-state index contributed by atoms with van der Waals surface area (Å²) >= 11 is 1.60. The molecule has 2 atom stereocenters. The van der Waals surface area contributed by atoms with E-state index < -0.39 is 0 Å². The largest absolute Gasteiger partial charge is 0.481 e. The van der Waals surface area contributed by atoms with Crippen LogP contribution >= 0.6 is 11.3 Å². The number of piperidine rings is 3. The van der Waals surface area contributed by atoms with Crippen LogP contribution in [0.1, 0.15) is 30.3 Å². The lowest BCUT2D eigenvalue weighted by atomic mass is 9.79. The maximum atomic E-state index is 12.7. The SMILES string of the molecule is COc1nc(C(=O)N[C@@H]2C3CCN(CC3)[C@H]2C)cc2sccc12. The van der Waals surface area contributed by atoms with E-state index in [4.69, 9.17) is 4.74 Å². The summed E-state index contributed by atoms with van der Waals surface area (Å²) in [5.41, 5.74) is 0.445. The first-order valence-corrected chi connectivity index (χ1v) is 9.02. The lowest BCUT2D eigenvalue weighted by Gasteiger charge is -2.49. The molecule has 3 saturated heterocycles. The van der Waals surface area contributed by atoms with E-state index in [9.17, 15) is 4.79 Å². The van der Waals surface area contributed by atoms with Crippen molar-refractivity contribution in [2.75, 3.05) is 20.2 Å². The van der Waals surface area contributed by atoms with Gasteiger partial charge in [-0.25, -0.2) is 4.98 Å². The summed E-state index contributed by atoms with van der Waals surface area (Å²) in [5, 5.41) is 6.19. The summed E-state index contributed by atoms with van der Waals surface area (Å²) < 4.78 is 6.38. The molecule has 0 saturated carbocycles. The van der Waals surface area contributed by atoms with Gasteiger partial charge in [0.15, 0.2) is 0 Å². The molecule has 23 heavy (non-hydrogen) atoms. The van der Waals surface area contributed by atoms with Gasteiger partial charge in [0.1, 0.15) is 5.69 Å². The Labute approximate surface area is 139 Å². The van der Waals surface area contributed by atoms with Crippen LogP contribution in [0.15, 0.2) is 17.5 Å². The number of thiophene rings is 1. The van der Waals surface area contributed by atoms with E-state index in [-0.39, 0.29) is 11.9 Å². The summed E-state index contributed by atoms with van der Waals surface area (Å²) in [6.07, 6.45) is 2.35. The smallest absolute Gasteiger partial charge is 0.270 e. The minimum absolute atomic E-state index is 0.0933. The summed E-state index contributed by atoms with van der Waals surface area (Å²) in [7, 11) is 1.59. The molecule has 0 unspecified atom stereocenters. The molecule has 3 fully saturated rings. The van der Waals surface area contributed by atoms with Gasteiger partial charge in [0.25, 0.3) is 5.91 Å². The van der Waals surface area contributed by atoms with Gasteiger partial charge in [-0.15, -0.1) is 11.3 Å². The number of hydrogen-bond acceptors (Lipinski definition) is 5.